The van der Waals surface area contributed by atoms with E-state index in [2.05, 4.69) is 21.6 Å². The Balaban J connectivity index is 2.30. The second kappa shape index (κ2) is 7.45. The van der Waals surface area contributed by atoms with Gasteiger partial charge in [-0.1, -0.05) is 26.0 Å². The number of hydrogen-bond donors (Lipinski definition) is 2. The fourth-order valence-electron chi connectivity index (χ4n) is 2.47. The molecule has 0 unspecified atom stereocenters. The molecule has 0 spiro atoms. The summed E-state index contributed by atoms with van der Waals surface area (Å²) in [6, 6.07) is 7.48. The summed E-state index contributed by atoms with van der Waals surface area (Å²) in [5.74, 6) is 0.921. The maximum Gasteiger partial charge on any atom is 0.167 e. The topological polar surface area (TPSA) is 91.1 Å². The molecule has 23 heavy (non-hydrogen) atoms. The van der Waals surface area contributed by atoms with E-state index in [-0.39, 0.29) is 5.75 Å². The molecule has 0 fully saturated rings. The van der Waals surface area contributed by atoms with E-state index in [0.29, 0.717) is 29.2 Å². The van der Waals surface area contributed by atoms with Crippen LogP contribution in [0.25, 0.3) is 0 Å². The molecule has 0 aliphatic heterocycles. The molecule has 1 aromatic carbocycles. The largest absolute Gasteiger partial charge is 0.504 e. The number of benzene rings is 1. The van der Waals surface area contributed by atoms with Crippen molar-refractivity contribution in [2.24, 2.45) is 0 Å². The lowest BCUT2D eigenvalue weighted by Gasteiger charge is -2.13. The number of anilines is 1. The van der Waals surface area contributed by atoms with Gasteiger partial charge in [0.05, 0.1) is 12.8 Å². The van der Waals surface area contributed by atoms with Gasteiger partial charge in [0.15, 0.2) is 17.3 Å². The van der Waals surface area contributed by atoms with Crippen LogP contribution in [0.5, 0.6) is 11.5 Å². The molecule has 0 saturated carbocycles. The van der Waals surface area contributed by atoms with Crippen LogP contribution in [-0.2, 0) is 19.4 Å². The Morgan fingerprint density at radius 3 is 2.65 bits per heavy atom. The quantitative estimate of drug-likeness (QED) is 0.852. The van der Waals surface area contributed by atoms with Gasteiger partial charge in [0, 0.05) is 12.1 Å². The minimum atomic E-state index is 0.0786. The van der Waals surface area contributed by atoms with Crippen LogP contribution in [-0.4, -0.2) is 22.4 Å². The molecule has 0 aliphatic rings. The molecule has 6 nitrogen and oxygen atoms in total. The number of ether oxygens (including phenoxy) is 1. The number of nitrogens with zero attached hydrogens (tertiary/aromatic N) is 3. The van der Waals surface area contributed by atoms with E-state index in [1.165, 1.54) is 7.11 Å². The van der Waals surface area contributed by atoms with Crippen LogP contribution in [0.1, 0.15) is 36.2 Å². The second-order valence-corrected chi connectivity index (χ2v) is 4.99. The van der Waals surface area contributed by atoms with Gasteiger partial charge in [-0.05, 0) is 24.5 Å². The van der Waals surface area contributed by atoms with E-state index < -0.39 is 0 Å². The van der Waals surface area contributed by atoms with Gasteiger partial charge in [-0.25, -0.2) is 0 Å². The van der Waals surface area contributed by atoms with Gasteiger partial charge in [-0.3, -0.25) is 0 Å². The Labute approximate surface area is 135 Å². The molecule has 1 aromatic heterocycles. The van der Waals surface area contributed by atoms with Gasteiger partial charge in [-0.2, -0.15) is 10.4 Å². The number of methoxy groups -OCH3 is 1. The highest BCUT2D eigenvalue weighted by atomic mass is 16.5. The molecule has 2 N–H and O–H groups in total. The number of para-hydroxylation sites is 1. The smallest absolute Gasteiger partial charge is 0.167 e. The van der Waals surface area contributed by atoms with Gasteiger partial charge in [0.1, 0.15) is 11.6 Å². The Kier molecular flexibility index (Phi) is 5.36. The summed E-state index contributed by atoms with van der Waals surface area (Å²) in [6.45, 7) is 4.31. The number of nitrogens with one attached hydrogen (secondary N) is 1. The van der Waals surface area contributed by atoms with Gasteiger partial charge in [0.2, 0.25) is 0 Å². The molecule has 120 valence electrons. The van der Waals surface area contributed by atoms with E-state index in [1.807, 2.05) is 13.8 Å². The van der Waals surface area contributed by atoms with Crippen LogP contribution < -0.4 is 10.1 Å². The number of phenols is 1. The van der Waals surface area contributed by atoms with E-state index >= 15 is 0 Å². The Bertz CT molecular complexity index is 738. The van der Waals surface area contributed by atoms with E-state index in [1.54, 1.807) is 18.2 Å². The maximum atomic E-state index is 10.1. The average Bonchev–Trinajstić information content (AvgIpc) is 2.59. The zero-order chi connectivity index (χ0) is 16.8. The molecule has 6 heteroatoms. The second-order valence-electron chi connectivity index (χ2n) is 4.99. The van der Waals surface area contributed by atoms with Crippen molar-refractivity contribution in [1.29, 1.82) is 5.26 Å². The third-order valence-corrected chi connectivity index (χ3v) is 3.71. The molecule has 0 radical (unpaired) electrons. The monoisotopic (exact) mass is 312 g/mol. The van der Waals surface area contributed by atoms with Crippen molar-refractivity contribution in [2.75, 3.05) is 12.4 Å². The minimum Gasteiger partial charge on any atom is -0.504 e. The number of aromatic nitrogens is 2. The van der Waals surface area contributed by atoms with Crippen LogP contribution >= 0.6 is 0 Å². The first-order valence-electron chi connectivity index (χ1n) is 7.53. The standard InChI is InChI=1S/C17H20N4O2/c1-4-12-13(9-18)17(21-20-14(12)5-2)19-10-11-7-6-8-15(23-3)16(11)22/h6-8,22H,4-5,10H2,1-3H3,(H,19,21). The van der Waals surface area contributed by atoms with Crippen LogP contribution in [0.2, 0.25) is 0 Å². The lowest BCUT2D eigenvalue weighted by Crippen LogP contribution is -2.10. The Morgan fingerprint density at radius 2 is 2.04 bits per heavy atom. The first-order chi connectivity index (χ1) is 11.2. The summed E-state index contributed by atoms with van der Waals surface area (Å²) in [4.78, 5) is 0. The van der Waals surface area contributed by atoms with E-state index in [0.717, 1.165) is 24.1 Å². The van der Waals surface area contributed by atoms with E-state index in [9.17, 15) is 10.4 Å². The van der Waals surface area contributed by atoms with Crippen molar-refractivity contribution in [2.45, 2.75) is 33.2 Å². The number of aromatic hydroxyl groups is 1. The highest BCUT2D eigenvalue weighted by molar-refractivity contribution is 5.57. The van der Waals surface area contributed by atoms with Crippen molar-refractivity contribution in [3.8, 4) is 17.6 Å². The molecule has 1 heterocycles. The molecular formula is C17H20N4O2. The Hall–Kier alpha value is -2.81. The fraction of sp³-hybridized carbons (Fsp3) is 0.353. The first-order valence-corrected chi connectivity index (χ1v) is 7.53. The first kappa shape index (κ1) is 16.6. The molecule has 2 rings (SSSR count). The van der Waals surface area contributed by atoms with Gasteiger partial charge < -0.3 is 15.2 Å². The molecule has 0 amide bonds. The number of aryl methyl sites for hydroxylation is 1. The van der Waals surface area contributed by atoms with Crippen LogP contribution in [0, 0.1) is 11.3 Å². The number of rotatable bonds is 6. The fourth-order valence-corrected chi connectivity index (χ4v) is 2.47. The predicted molar refractivity (Wildman–Crippen MR) is 87.5 cm³/mol. The van der Waals surface area contributed by atoms with Crippen molar-refractivity contribution in [1.82, 2.24) is 10.2 Å². The van der Waals surface area contributed by atoms with E-state index in [4.69, 9.17) is 4.74 Å². The van der Waals surface area contributed by atoms with Crippen molar-refractivity contribution in [3.05, 3.63) is 40.6 Å². The average molecular weight is 312 g/mol. The lowest BCUT2D eigenvalue weighted by atomic mass is 10.0. The highest BCUT2D eigenvalue weighted by Crippen LogP contribution is 2.30. The molecule has 0 atom stereocenters. The molecular weight excluding hydrogens is 292 g/mol. The third-order valence-electron chi connectivity index (χ3n) is 3.71. The summed E-state index contributed by atoms with van der Waals surface area (Å²) in [5.41, 5.74) is 2.94. The molecule has 2 aromatic rings. The summed E-state index contributed by atoms with van der Waals surface area (Å²) in [5, 5.41) is 31.0. The van der Waals surface area contributed by atoms with Gasteiger partial charge >= 0.3 is 0 Å². The summed E-state index contributed by atoms with van der Waals surface area (Å²) in [7, 11) is 1.50. The molecule has 0 aliphatic carbocycles. The zero-order valence-corrected chi connectivity index (χ0v) is 13.6. The Morgan fingerprint density at radius 1 is 1.26 bits per heavy atom. The normalized spacial score (nSPS) is 10.2. The van der Waals surface area contributed by atoms with Crippen molar-refractivity contribution in [3.63, 3.8) is 0 Å². The number of phenolic OH excluding ortho intramolecular Hbond substituents is 1. The SMILES string of the molecule is CCc1nnc(NCc2cccc(OC)c2O)c(C#N)c1CC. The van der Waals surface area contributed by atoms with Crippen LogP contribution in [0.4, 0.5) is 5.82 Å². The lowest BCUT2D eigenvalue weighted by molar-refractivity contribution is 0.371. The molecule has 0 bridgehead atoms. The van der Waals surface area contributed by atoms with Crippen LogP contribution in [0.15, 0.2) is 18.2 Å². The van der Waals surface area contributed by atoms with Gasteiger partial charge in [0.25, 0.3) is 0 Å². The third kappa shape index (κ3) is 3.34. The van der Waals surface area contributed by atoms with Crippen molar-refractivity contribution < 1.29 is 9.84 Å². The number of hydrogen-bond acceptors (Lipinski definition) is 6. The predicted octanol–water partition coefficient (Wildman–Crippen LogP) is 2.80. The maximum absolute atomic E-state index is 10.1. The summed E-state index contributed by atoms with van der Waals surface area (Å²) in [6.07, 6.45) is 1.46. The zero-order valence-electron chi connectivity index (χ0n) is 13.6. The van der Waals surface area contributed by atoms with Gasteiger partial charge in [-0.15, -0.1) is 5.10 Å². The van der Waals surface area contributed by atoms with Crippen LogP contribution in [0.3, 0.4) is 0 Å². The summed E-state index contributed by atoms with van der Waals surface area (Å²) < 4.78 is 5.09. The summed E-state index contributed by atoms with van der Waals surface area (Å²) >= 11 is 0. The highest BCUT2D eigenvalue weighted by Gasteiger charge is 2.15. The van der Waals surface area contributed by atoms with Crippen molar-refractivity contribution >= 4 is 5.82 Å². The molecule has 0 saturated heterocycles. The number of nitriles is 1. The minimum absolute atomic E-state index is 0.0786.